The molecule has 0 unspecified atom stereocenters. The van der Waals surface area contributed by atoms with Gasteiger partial charge < -0.3 is 10.4 Å². The number of nitrogens with zero attached hydrogens (tertiary/aromatic N) is 1. The van der Waals surface area contributed by atoms with E-state index in [4.69, 9.17) is 5.11 Å². The lowest BCUT2D eigenvalue weighted by Gasteiger charge is -1.89. The fourth-order valence-electron chi connectivity index (χ4n) is 0.752. The van der Waals surface area contributed by atoms with Crippen LogP contribution in [0.15, 0.2) is 6.07 Å². The van der Waals surface area contributed by atoms with Crippen LogP contribution in [0.25, 0.3) is 0 Å². The molecule has 1 aromatic heterocycles. The van der Waals surface area contributed by atoms with Gasteiger partial charge >= 0.3 is 5.97 Å². The molecule has 1 aromatic rings. The van der Waals surface area contributed by atoms with Crippen molar-refractivity contribution in [1.82, 2.24) is 15.5 Å². The number of nitrogens with one attached hydrogen (secondary N) is 2. The van der Waals surface area contributed by atoms with Crippen molar-refractivity contribution in [1.29, 1.82) is 0 Å². The SMILES string of the molecule is CNCc1cc(C(=O)O)n[nH]1. The average molecular weight is 155 g/mol. The highest BCUT2D eigenvalue weighted by Gasteiger charge is 2.06. The summed E-state index contributed by atoms with van der Waals surface area (Å²) < 4.78 is 0. The minimum Gasteiger partial charge on any atom is -0.476 e. The first kappa shape index (κ1) is 7.74. The lowest BCUT2D eigenvalue weighted by Crippen LogP contribution is -2.04. The third-order valence-electron chi connectivity index (χ3n) is 1.22. The number of aromatic carboxylic acids is 1. The summed E-state index contributed by atoms with van der Waals surface area (Å²) in [5.74, 6) is -1.01. The molecule has 0 amide bonds. The number of carboxylic acids is 1. The van der Waals surface area contributed by atoms with Gasteiger partial charge in [0, 0.05) is 12.2 Å². The lowest BCUT2D eigenvalue weighted by atomic mass is 10.3. The zero-order valence-electron chi connectivity index (χ0n) is 6.09. The Hall–Kier alpha value is -1.36. The number of carboxylic acid groups (broad SMARTS) is 1. The van der Waals surface area contributed by atoms with Crippen molar-refractivity contribution in [2.45, 2.75) is 6.54 Å². The van der Waals surface area contributed by atoms with Crippen LogP contribution in [0.5, 0.6) is 0 Å². The van der Waals surface area contributed by atoms with Crippen LogP contribution in [0, 0.1) is 0 Å². The molecule has 0 aliphatic heterocycles. The van der Waals surface area contributed by atoms with Crippen LogP contribution in [-0.2, 0) is 6.54 Å². The van der Waals surface area contributed by atoms with E-state index >= 15 is 0 Å². The number of H-pyrrole nitrogens is 1. The summed E-state index contributed by atoms with van der Waals surface area (Å²) in [6, 6.07) is 1.50. The summed E-state index contributed by atoms with van der Waals surface area (Å²) in [5.41, 5.74) is 0.820. The monoisotopic (exact) mass is 155 g/mol. The molecule has 5 heteroatoms. The molecule has 60 valence electrons. The van der Waals surface area contributed by atoms with Crippen LogP contribution < -0.4 is 5.32 Å². The summed E-state index contributed by atoms with van der Waals surface area (Å²) in [6.45, 7) is 0.597. The van der Waals surface area contributed by atoms with Gasteiger partial charge in [-0.3, -0.25) is 5.10 Å². The number of carbonyl (C=O) groups is 1. The van der Waals surface area contributed by atoms with Crippen molar-refractivity contribution >= 4 is 5.97 Å². The molecule has 11 heavy (non-hydrogen) atoms. The van der Waals surface area contributed by atoms with Crippen molar-refractivity contribution in [3.63, 3.8) is 0 Å². The molecule has 5 nitrogen and oxygen atoms in total. The number of aromatic amines is 1. The molecule has 0 bridgehead atoms. The first-order valence-electron chi connectivity index (χ1n) is 3.16. The van der Waals surface area contributed by atoms with E-state index in [1.165, 1.54) is 6.07 Å². The summed E-state index contributed by atoms with van der Waals surface area (Å²) >= 11 is 0. The van der Waals surface area contributed by atoms with Gasteiger partial charge in [0.1, 0.15) is 0 Å². The lowest BCUT2D eigenvalue weighted by molar-refractivity contribution is 0.0690. The average Bonchev–Trinajstić information content (AvgIpc) is 2.37. The smallest absolute Gasteiger partial charge is 0.356 e. The molecule has 0 saturated carbocycles. The summed E-state index contributed by atoms with van der Waals surface area (Å²) in [6.07, 6.45) is 0. The van der Waals surface area contributed by atoms with Gasteiger partial charge in [0.25, 0.3) is 0 Å². The van der Waals surface area contributed by atoms with Gasteiger partial charge in [-0.1, -0.05) is 0 Å². The number of hydrogen-bond acceptors (Lipinski definition) is 3. The second kappa shape index (κ2) is 3.16. The molecular formula is C6H9N3O2. The third-order valence-corrected chi connectivity index (χ3v) is 1.22. The van der Waals surface area contributed by atoms with E-state index in [0.717, 1.165) is 5.69 Å². The second-order valence-corrected chi connectivity index (χ2v) is 2.11. The Balaban J connectivity index is 2.73. The van der Waals surface area contributed by atoms with Gasteiger partial charge in [0.05, 0.1) is 0 Å². The second-order valence-electron chi connectivity index (χ2n) is 2.11. The van der Waals surface area contributed by atoms with E-state index in [2.05, 4.69) is 15.5 Å². The first-order chi connectivity index (χ1) is 5.24. The quantitative estimate of drug-likeness (QED) is 0.566. The standard InChI is InChI=1S/C6H9N3O2/c1-7-3-4-2-5(6(10)11)9-8-4/h2,7H,3H2,1H3,(H,8,9)(H,10,11). The van der Waals surface area contributed by atoms with E-state index in [-0.39, 0.29) is 5.69 Å². The minimum absolute atomic E-state index is 0.0512. The highest BCUT2D eigenvalue weighted by molar-refractivity contribution is 5.85. The third kappa shape index (κ3) is 1.78. The van der Waals surface area contributed by atoms with Gasteiger partial charge in [0.15, 0.2) is 5.69 Å². The van der Waals surface area contributed by atoms with Gasteiger partial charge in [-0.05, 0) is 13.1 Å². The molecule has 0 fully saturated rings. The van der Waals surface area contributed by atoms with Crippen LogP contribution >= 0.6 is 0 Å². The Morgan fingerprint density at radius 3 is 3.09 bits per heavy atom. The molecule has 0 saturated heterocycles. The maximum atomic E-state index is 10.3. The summed E-state index contributed by atoms with van der Waals surface area (Å²) in [5, 5.41) is 17.5. The fourth-order valence-corrected chi connectivity index (χ4v) is 0.752. The molecule has 3 N–H and O–H groups in total. The van der Waals surface area contributed by atoms with Gasteiger partial charge in [-0.25, -0.2) is 4.79 Å². The zero-order chi connectivity index (χ0) is 8.27. The van der Waals surface area contributed by atoms with Crippen molar-refractivity contribution in [2.75, 3.05) is 7.05 Å². The van der Waals surface area contributed by atoms with Crippen molar-refractivity contribution < 1.29 is 9.90 Å². The van der Waals surface area contributed by atoms with E-state index in [9.17, 15) is 4.79 Å². The molecule has 0 aromatic carbocycles. The molecule has 0 atom stereocenters. The Kier molecular flexibility index (Phi) is 2.22. The maximum absolute atomic E-state index is 10.3. The highest BCUT2D eigenvalue weighted by Crippen LogP contribution is 1.97. The van der Waals surface area contributed by atoms with E-state index in [1.54, 1.807) is 7.05 Å². The van der Waals surface area contributed by atoms with Gasteiger partial charge in [-0.15, -0.1) is 0 Å². The zero-order valence-corrected chi connectivity index (χ0v) is 6.09. The van der Waals surface area contributed by atoms with Crippen molar-refractivity contribution in [3.05, 3.63) is 17.5 Å². The van der Waals surface area contributed by atoms with Crippen molar-refractivity contribution in [3.8, 4) is 0 Å². The minimum atomic E-state index is -1.01. The number of rotatable bonds is 3. The predicted octanol–water partition coefficient (Wildman–Crippen LogP) is -0.173. The molecule has 1 rings (SSSR count). The summed E-state index contributed by atoms with van der Waals surface area (Å²) in [4.78, 5) is 10.3. The predicted molar refractivity (Wildman–Crippen MR) is 38.3 cm³/mol. The molecule has 0 radical (unpaired) electrons. The van der Waals surface area contributed by atoms with Gasteiger partial charge in [-0.2, -0.15) is 5.10 Å². The Morgan fingerprint density at radius 2 is 2.64 bits per heavy atom. The first-order valence-corrected chi connectivity index (χ1v) is 3.16. The molecule has 0 spiro atoms. The largest absolute Gasteiger partial charge is 0.476 e. The van der Waals surface area contributed by atoms with Gasteiger partial charge in [0.2, 0.25) is 0 Å². The number of hydrogen-bond donors (Lipinski definition) is 3. The Labute approximate surface area is 63.4 Å². The molecule has 0 aliphatic carbocycles. The topological polar surface area (TPSA) is 78.0 Å². The fraction of sp³-hybridized carbons (Fsp3) is 0.333. The van der Waals surface area contributed by atoms with Crippen LogP contribution in [-0.4, -0.2) is 28.3 Å². The van der Waals surface area contributed by atoms with Crippen LogP contribution in [0.2, 0.25) is 0 Å². The van der Waals surface area contributed by atoms with E-state index in [0.29, 0.717) is 6.54 Å². The Morgan fingerprint density at radius 1 is 1.91 bits per heavy atom. The van der Waals surface area contributed by atoms with E-state index < -0.39 is 5.97 Å². The maximum Gasteiger partial charge on any atom is 0.356 e. The molecule has 0 aliphatic rings. The van der Waals surface area contributed by atoms with Crippen LogP contribution in [0.1, 0.15) is 16.2 Å². The molecular weight excluding hydrogens is 146 g/mol. The van der Waals surface area contributed by atoms with E-state index in [1.807, 2.05) is 0 Å². The summed E-state index contributed by atoms with van der Waals surface area (Å²) in [7, 11) is 1.78. The normalized spacial score (nSPS) is 9.91. The number of aromatic nitrogens is 2. The van der Waals surface area contributed by atoms with Crippen LogP contribution in [0.4, 0.5) is 0 Å². The van der Waals surface area contributed by atoms with Crippen molar-refractivity contribution in [2.24, 2.45) is 0 Å². The highest BCUT2D eigenvalue weighted by atomic mass is 16.4. The Bertz CT molecular complexity index is 256. The molecule has 1 heterocycles. The van der Waals surface area contributed by atoms with Crippen LogP contribution in [0.3, 0.4) is 0 Å².